The van der Waals surface area contributed by atoms with Gasteiger partial charge in [-0.25, -0.2) is 0 Å². The van der Waals surface area contributed by atoms with E-state index in [4.69, 9.17) is 14.6 Å². The number of hydrogen-bond acceptors (Lipinski definition) is 3. The molecule has 0 amide bonds. The average Bonchev–Trinajstić information content (AvgIpc) is 2.47. The van der Waals surface area contributed by atoms with Gasteiger partial charge in [0.15, 0.2) is 0 Å². The molecule has 1 aromatic rings. The summed E-state index contributed by atoms with van der Waals surface area (Å²) in [5, 5.41) is 8.94. The van der Waals surface area contributed by atoms with Crippen molar-refractivity contribution in [2.45, 2.75) is 45.1 Å². The molecule has 0 saturated heterocycles. The minimum absolute atomic E-state index is 0.172. The van der Waals surface area contributed by atoms with Gasteiger partial charge in [0.2, 0.25) is 0 Å². The summed E-state index contributed by atoms with van der Waals surface area (Å²) >= 11 is 0. The number of carboxylic acids is 1. The van der Waals surface area contributed by atoms with Crippen molar-refractivity contribution in [1.29, 1.82) is 0 Å². The van der Waals surface area contributed by atoms with E-state index in [1.165, 1.54) is 5.56 Å². The lowest BCUT2D eigenvalue weighted by Gasteiger charge is -2.26. The monoisotopic (exact) mass is 292 g/mol. The molecule has 21 heavy (non-hydrogen) atoms. The van der Waals surface area contributed by atoms with Gasteiger partial charge < -0.3 is 14.6 Å². The minimum Gasteiger partial charge on any atom is -0.493 e. The Labute approximate surface area is 126 Å². The van der Waals surface area contributed by atoms with Gasteiger partial charge in [0, 0.05) is 6.42 Å². The molecule has 4 nitrogen and oxygen atoms in total. The number of ether oxygens (including phenoxy) is 2. The molecule has 116 valence electrons. The maximum Gasteiger partial charge on any atom is 0.306 e. The van der Waals surface area contributed by atoms with Crippen LogP contribution in [-0.4, -0.2) is 30.4 Å². The van der Waals surface area contributed by atoms with Crippen molar-refractivity contribution in [2.24, 2.45) is 5.92 Å². The summed E-state index contributed by atoms with van der Waals surface area (Å²) in [4.78, 5) is 10.9. The number of aliphatic carboxylic acids is 1. The Hall–Kier alpha value is -1.55. The van der Waals surface area contributed by atoms with Crippen LogP contribution in [0.5, 0.6) is 5.75 Å². The Balaban J connectivity index is 1.55. The first kappa shape index (κ1) is 15.8. The van der Waals surface area contributed by atoms with Crippen LogP contribution >= 0.6 is 0 Å². The third-order valence-electron chi connectivity index (χ3n) is 3.92. The van der Waals surface area contributed by atoms with E-state index in [1.54, 1.807) is 0 Å². The minimum atomic E-state index is -0.667. The predicted molar refractivity (Wildman–Crippen MR) is 80.6 cm³/mol. The summed E-state index contributed by atoms with van der Waals surface area (Å²) in [6.45, 7) is 3.37. The molecule has 1 fully saturated rings. The van der Waals surface area contributed by atoms with E-state index in [0.29, 0.717) is 13.2 Å². The molecule has 0 bridgehead atoms. The van der Waals surface area contributed by atoms with Crippen LogP contribution in [0.2, 0.25) is 0 Å². The van der Waals surface area contributed by atoms with Crippen molar-refractivity contribution >= 4 is 5.97 Å². The first-order chi connectivity index (χ1) is 10.1. The molecule has 0 aromatic heterocycles. The SMILES string of the molecule is Cc1cccc(OCCCOC2CCC(C(=O)O)CC2)c1. The Morgan fingerprint density at radius 2 is 2.00 bits per heavy atom. The van der Waals surface area contributed by atoms with Gasteiger partial charge in [-0.05, 0) is 50.3 Å². The summed E-state index contributed by atoms with van der Waals surface area (Å²) in [5.74, 6) is 0.0616. The number of hydrogen-bond donors (Lipinski definition) is 1. The maximum absolute atomic E-state index is 10.9. The summed E-state index contributed by atoms with van der Waals surface area (Å²) in [6.07, 6.45) is 4.26. The maximum atomic E-state index is 10.9. The van der Waals surface area contributed by atoms with E-state index in [0.717, 1.165) is 37.9 Å². The van der Waals surface area contributed by atoms with Gasteiger partial charge >= 0.3 is 5.97 Å². The van der Waals surface area contributed by atoms with Crippen molar-refractivity contribution in [3.8, 4) is 5.75 Å². The molecular weight excluding hydrogens is 268 g/mol. The molecule has 1 aliphatic carbocycles. The van der Waals surface area contributed by atoms with Crippen LogP contribution in [0.25, 0.3) is 0 Å². The summed E-state index contributed by atoms with van der Waals surface area (Å²) < 4.78 is 11.5. The quantitative estimate of drug-likeness (QED) is 0.782. The fourth-order valence-electron chi connectivity index (χ4n) is 2.68. The molecule has 1 N–H and O–H groups in total. The first-order valence-electron chi connectivity index (χ1n) is 7.69. The number of carbonyl (C=O) groups is 1. The van der Waals surface area contributed by atoms with Crippen LogP contribution in [0.15, 0.2) is 24.3 Å². The zero-order valence-electron chi connectivity index (χ0n) is 12.6. The van der Waals surface area contributed by atoms with Crippen molar-refractivity contribution in [3.63, 3.8) is 0 Å². The van der Waals surface area contributed by atoms with Gasteiger partial charge in [-0.1, -0.05) is 12.1 Å². The lowest BCUT2D eigenvalue weighted by atomic mass is 9.87. The molecule has 0 aliphatic heterocycles. The molecule has 1 aliphatic rings. The summed E-state index contributed by atoms with van der Waals surface area (Å²) in [7, 11) is 0. The zero-order valence-corrected chi connectivity index (χ0v) is 12.6. The van der Waals surface area contributed by atoms with E-state index < -0.39 is 5.97 Å². The standard InChI is InChI=1S/C17H24O4/c1-13-4-2-5-16(12-13)21-11-3-10-20-15-8-6-14(7-9-15)17(18)19/h2,4-5,12,14-15H,3,6-11H2,1H3,(H,18,19). The molecule has 0 unspecified atom stereocenters. The normalized spacial score (nSPS) is 22.0. The van der Waals surface area contributed by atoms with E-state index in [-0.39, 0.29) is 12.0 Å². The Kier molecular flexibility index (Phi) is 6.05. The lowest BCUT2D eigenvalue weighted by molar-refractivity contribution is -0.143. The van der Waals surface area contributed by atoms with Gasteiger partial charge in [-0.15, -0.1) is 0 Å². The zero-order chi connectivity index (χ0) is 15.1. The number of benzene rings is 1. The van der Waals surface area contributed by atoms with Crippen LogP contribution in [-0.2, 0) is 9.53 Å². The topological polar surface area (TPSA) is 55.8 Å². The van der Waals surface area contributed by atoms with Gasteiger partial charge in [-0.2, -0.15) is 0 Å². The van der Waals surface area contributed by atoms with E-state index >= 15 is 0 Å². The molecule has 1 aromatic carbocycles. The number of aryl methyl sites for hydroxylation is 1. The molecule has 0 radical (unpaired) electrons. The van der Waals surface area contributed by atoms with Crippen LogP contribution in [0.1, 0.15) is 37.7 Å². The fraction of sp³-hybridized carbons (Fsp3) is 0.588. The van der Waals surface area contributed by atoms with Gasteiger partial charge in [-0.3, -0.25) is 4.79 Å². The third-order valence-corrected chi connectivity index (χ3v) is 3.92. The average molecular weight is 292 g/mol. The number of carboxylic acid groups (broad SMARTS) is 1. The molecular formula is C17H24O4. The molecule has 1 saturated carbocycles. The Bertz CT molecular complexity index is 450. The van der Waals surface area contributed by atoms with Crippen LogP contribution in [0.4, 0.5) is 0 Å². The van der Waals surface area contributed by atoms with Crippen molar-refractivity contribution in [2.75, 3.05) is 13.2 Å². The molecule has 0 atom stereocenters. The Morgan fingerprint density at radius 1 is 1.24 bits per heavy atom. The summed E-state index contributed by atoms with van der Waals surface area (Å²) in [6, 6.07) is 8.01. The predicted octanol–water partition coefficient (Wildman–Crippen LogP) is 3.42. The third kappa shape index (κ3) is 5.38. The Morgan fingerprint density at radius 3 is 2.67 bits per heavy atom. The highest BCUT2D eigenvalue weighted by atomic mass is 16.5. The highest BCUT2D eigenvalue weighted by Gasteiger charge is 2.25. The smallest absolute Gasteiger partial charge is 0.306 e. The molecule has 4 heteroatoms. The van der Waals surface area contributed by atoms with Crippen molar-refractivity contribution in [1.82, 2.24) is 0 Å². The van der Waals surface area contributed by atoms with E-state index in [9.17, 15) is 4.79 Å². The van der Waals surface area contributed by atoms with Crippen LogP contribution in [0.3, 0.4) is 0 Å². The molecule has 2 rings (SSSR count). The second-order valence-corrected chi connectivity index (χ2v) is 5.70. The summed E-state index contributed by atoms with van der Waals surface area (Å²) in [5.41, 5.74) is 1.19. The molecule has 0 heterocycles. The van der Waals surface area contributed by atoms with Crippen molar-refractivity contribution < 1.29 is 19.4 Å². The lowest BCUT2D eigenvalue weighted by Crippen LogP contribution is -2.26. The fourth-order valence-corrected chi connectivity index (χ4v) is 2.68. The second kappa shape index (κ2) is 8.03. The van der Waals surface area contributed by atoms with Gasteiger partial charge in [0.25, 0.3) is 0 Å². The number of rotatable bonds is 7. The van der Waals surface area contributed by atoms with Crippen molar-refractivity contribution in [3.05, 3.63) is 29.8 Å². The highest BCUT2D eigenvalue weighted by molar-refractivity contribution is 5.70. The first-order valence-corrected chi connectivity index (χ1v) is 7.69. The van der Waals surface area contributed by atoms with Crippen LogP contribution < -0.4 is 4.74 Å². The second-order valence-electron chi connectivity index (χ2n) is 5.70. The van der Waals surface area contributed by atoms with E-state index in [2.05, 4.69) is 0 Å². The highest BCUT2D eigenvalue weighted by Crippen LogP contribution is 2.26. The largest absolute Gasteiger partial charge is 0.493 e. The van der Waals surface area contributed by atoms with Gasteiger partial charge in [0.1, 0.15) is 5.75 Å². The van der Waals surface area contributed by atoms with E-state index in [1.807, 2.05) is 31.2 Å². The van der Waals surface area contributed by atoms with Crippen LogP contribution in [0, 0.1) is 12.8 Å². The van der Waals surface area contributed by atoms with Gasteiger partial charge in [0.05, 0.1) is 25.2 Å². The molecule has 0 spiro atoms.